The number of nitrogens with one attached hydrogen (secondary N) is 2. The van der Waals surface area contributed by atoms with Crippen molar-refractivity contribution in [3.63, 3.8) is 0 Å². The number of thiocarbonyl (C=S) groups is 1. The molecule has 0 heterocycles. The largest absolute Gasteiger partial charge is 0.379 e. The Balaban J connectivity index is 2.25. The zero-order valence-electron chi connectivity index (χ0n) is 12.9. The Hall–Kier alpha value is -1.13. The van der Waals surface area contributed by atoms with Gasteiger partial charge >= 0.3 is 0 Å². The normalized spacial score (nSPS) is 10.9. The van der Waals surface area contributed by atoms with Gasteiger partial charge in [0.25, 0.3) is 0 Å². The van der Waals surface area contributed by atoms with Gasteiger partial charge in [0, 0.05) is 18.8 Å². The molecule has 0 radical (unpaired) electrons. The van der Waals surface area contributed by atoms with Gasteiger partial charge < -0.3 is 15.4 Å². The van der Waals surface area contributed by atoms with E-state index in [1.807, 2.05) is 13.8 Å². The van der Waals surface area contributed by atoms with E-state index in [0.717, 1.165) is 25.3 Å². The number of rotatable bonds is 7. The maximum absolute atomic E-state index is 5.47. The van der Waals surface area contributed by atoms with Gasteiger partial charge in [0.2, 0.25) is 0 Å². The molecule has 4 heteroatoms. The molecule has 3 nitrogen and oxygen atoms in total. The van der Waals surface area contributed by atoms with Crippen LogP contribution in [-0.4, -0.2) is 24.4 Å². The summed E-state index contributed by atoms with van der Waals surface area (Å²) in [4.78, 5) is 0. The summed E-state index contributed by atoms with van der Waals surface area (Å²) in [5, 5.41) is 7.03. The average molecular weight is 294 g/mol. The van der Waals surface area contributed by atoms with Crippen LogP contribution in [0.4, 0.5) is 5.69 Å². The molecule has 1 aromatic rings. The van der Waals surface area contributed by atoms with Crippen LogP contribution >= 0.6 is 12.2 Å². The van der Waals surface area contributed by atoms with Gasteiger partial charge in [-0.25, -0.2) is 0 Å². The third-order valence-corrected chi connectivity index (χ3v) is 3.14. The SMILES string of the molecule is CC(C)OCCCNC(=S)Nc1ccc(C(C)C)cc1. The van der Waals surface area contributed by atoms with Gasteiger partial charge in [-0.1, -0.05) is 26.0 Å². The van der Waals surface area contributed by atoms with Gasteiger partial charge in [-0.3, -0.25) is 0 Å². The first-order chi connectivity index (χ1) is 9.49. The van der Waals surface area contributed by atoms with E-state index in [0.29, 0.717) is 17.1 Å². The lowest BCUT2D eigenvalue weighted by atomic mass is 10.0. The fraction of sp³-hybridized carbons (Fsp3) is 0.562. The molecule has 20 heavy (non-hydrogen) atoms. The first-order valence-corrected chi connectivity index (χ1v) is 7.66. The lowest BCUT2D eigenvalue weighted by molar-refractivity contribution is 0.0777. The van der Waals surface area contributed by atoms with Crippen LogP contribution < -0.4 is 10.6 Å². The molecule has 1 aromatic carbocycles. The highest BCUT2D eigenvalue weighted by atomic mass is 32.1. The molecule has 0 atom stereocenters. The van der Waals surface area contributed by atoms with Gasteiger partial charge in [0.15, 0.2) is 5.11 Å². The van der Waals surface area contributed by atoms with Crippen molar-refractivity contribution in [1.29, 1.82) is 0 Å². The van der Waals surface area contributed by atoms with Gasteiger partial charge in [-0.15, -0.1) is 0 Å². The van der Waals surface area contributed by atoms with E-state index in [9.17, 15) is 0 Å². The molecule has 112 valence electrons. The first-order valence-electron chi connectivity index (χ1n) is 7.25. The first kappa shape index (κ1) is 16.9. The topological polar surface area (TPSA) is 33.3 Å². The maximum atomic E-state index is 5.47. The van der Waals surface area contributed by atoms with E-state index >= 15 is 0 Å². The van der Waals surface area contributed by atoms with Crippen LogP contribution in [0.5, 0.6) is 0 Å². The third kappa shape index (κ3) is 6.87. The molecule has 0 spiro atoms. The Morgan fingerprint density at radius 2 is 1.80 bits per heavy atom. The van der Waals surface area contributed by atoms with Crippen molar-refractivity contribution in [3.8, 4) is 0 Å². The summed E-state index contributed by atoms with van der Waals surface area (Å²) in [5.41, 5.74) is 2.35. The molecular formula is C16H26N2OS. The summed E-state index contributed by atoms with van der Waals surface area (Å²) in [6.07, 6.45) is 1.24. The predicted molar refractivity (Wildman–Crippen MR) is 90.5 cm³/mol. The van der Waals surface area contributed by atoms with Crippen LogP contribution in [0.1, 0.15) is 45.6 Å². The molecular weight excluding hydrogens is 268 g/mol. The second-order valence-corrected chi connectivity index (χ2v) is 5.84. The van der Waals surface area contributed by atoms with Crippen molar-refractivity contribution >= 4 is 23.0 Å². The van der Waals surface area contributed by atoms with Crippen LogP contribution in [0, 0.1) is 0 Å². The lowest BCUT2D eigenvalue weighted by Gasteiger charge is -2.12. The van der Waals surface area contributed by atoms with E-state index in [4.69, 9.17) is 17.0 Å². The van der Waals surface area contributed by atoms with Crippen molar-refractivity contribution in [3.05, 3.63) is 29.8 Å². The summed E-state index contributed by atoms with van der Waals surface area (Å²) in [6, 6.07) is 8.38. The van der Waals surface area contributed by atoms with E-state index in [1.165, 1.54) is 5.56 Å². The second kappa shape index (κ2) is 8.93. The molecule has 1 rings (SSSR count). The zero-order chi connectivity index (χ0) is 15.0. The van der Waals surface area contributed by atoms with E-state index < -0.39 is 0 Å². The standard InChI is InChI=1S/C16H26N2OS/c1-12(2)14-6-8-15(9-7-14)18-16(20)17-10-5-11-19-13(3)4/h6-9,12-13H,5,10-11H2,1-4H3,(H2,17,18,20). The molecule has 0 unspecified atom stereocenters. The molecule has 0 amide bonds. The predicted octanol–water partition coefficient (Wildman–Crippen LogP) is 3.91. The molecule has 0 saturated carbocycles. The summed E-state index contributed by atoms with van der Waals surface area (Å²) < 4.78 is 5.47. The minimum Gasteiger partial charge on any atom is -0.379 e. The molecule has 0 saturated heterocycles. The van der Waals surface area contributed by atoms with Crippen molar-refractivity contribution in [2.24, 2.45) is 0 Å². The number of hydrogen-bond donors (Lipinski definition) is 2. The minimum atomic E-state index is 0.291. The number of ether oxygens (including phenoxy) is 1. The Labute approximate surface area is 128 Å². The Bertz CT molecular complexity index is 401. The lowest BCUT2D eigenvalue weighted by Crippen LogP contribution is -2.29. The highest BCUT2D eigenvalue weighted by Crippen LogP contribution is 2.16. The number of benzene rings is 1. The van der Waals surface area contributed by atoms with Gasteiger partial charge in [0.05, 0.1) is 6.10 Å². The summed E-state index contributed by atoms with van der Waals surface area (Å²) in [5.74, 6) is 0.551. The molecule has 2 N–H and O–H groups in total. The molecule has 0 aliphatic carbocycles. The van der Waals surface area contributed by atoms with Gasteiger partial charge in [-0.05, 0) is 56.1 Å². The second-order valence-electron chi connectivity index (χ2n) is 5.43. The zero-order valence-corrected chi connectivity index (χ0v) is 13.7. The molecule has 0 aliphatic heterocycles. The van der Waals surface area contributed by atoms with Crippen LogP contribution in [0.25, 0.3) is 0 Å². The quantitative estimate of drug-likeness (QED) is 0.590. The molecule has 0 fully saturated rings. The van der Waals surface area contributed by atoms with E-state index in [1.54, 1.807) is 0 Å². The molecule has 0 bridgehead atoms. The van der Waals surface area contributed by atoms with Crippen molar-refractivity contribution in [2.75, 3.05) is 18.5 Å². The van der Waals surface area contributed by atoms with Crippen molar-refractivity contribution in [2.45, 2.75) is 46.1 Å². The Kier molecular flexibility index (Phi) is 7.55. The van der Waals surface area contributed by atoms with Crippen LogP contribution in [0.15, 0.2) is 24.3 Å². The highest BCUT2D eigenvalue weighted by molar-refractivity contribution is 7.80. The smallest absolute Gasteiger partial charge is 0.170 e. The van der Waals surface area contributed by atoms with E-state index in [-0.39, 0.29) is 0 Å². The monoisotopic (exact) mass is 294 g/mol. The maximum Gasteiger partial charge on any atom is 0.170 e. The van der Waals surface area contributed by atoms with E-state index in [2.05, 4.69) is 48.7 Å². The summed E-state index contributed by atoms with van der Waals surface area (Å²) in [6.45, 7) is 10.0. The highest BCUT2D eigenvalue weighted by Gasteiger charge is 2.00. The fourth-order valence-electron chi connectivity index (χ4n) is 1.72. The molecule has 0 aromatic heterocycles. The average Bonchev–Trinajstić information content (AvgIpc) is 2.38. The molecule has 0 aliphatic rings. The van der Waals surface area contributed by atoms with Crippen molar-refractivity contribution < 1.29 is 4.74 Å². The fourth-order valence-corrected chi connectivity index (χ4v) is 1.94. The van der Waals surface area contributed by atoms with Crippen LogP contribution in [0.2, 0.25) is 0 Å². The number of hydrogen-bond acceptors (Lipinski definition) is 2. The summed E-state index contributed by atoms with van der Waals surface area (Å²) in [7, 11) is 0. The third-order valence-electron chi connectivity index (χ3n) is 2.89. The van der Waals surface area contributed by atoms with Crippen LogP contribution in [0.3, 0.4) is 0 Å². The minimum absolute atomic E-state index is 0.291. The Morgan fingerprint density at radius 1 is 1.15 bits per heavy atom. The van der Waals surface area contributed by atoms with Gasteiger partial charge in [-0.2, -0.15) is 0 Å². The summed E-state index contributed by atoms with van der Waals surface area (Å²) >= 11 is 5.26. The van der Waals surface area contributed by atoms with Crippen LogP contribution in [-0.2, 0) is 4.74 Å². The number of anilines is 1. The Morgan fingerprint density at radius 3 is 2.35 bits per heavy atom. The van der Waals surface area contributed by atoms with Gasteiger partial charge in [0.1, 0.15) is 0 Å². The van der Waals surface area contributed by atoms with Crippen molar-refractivity contribution in [1.82, 2.24) is 5.32 Å².